The highest BCUT2D eigenvalue weighted by atomic mass is 16.5. The van der Waals surface area contributed by atoms with Gasteiger partial charge in [0.2, 0.25) is 5.91 Å². The first-order valence-corrected chi connectivity index (χ1v) is 11.2. The van der Waals surface area contributed by atoms with Crippen LogP contribution in [0.5, 0.6) is 0 Å². The number of amides is 2. The molecule has 2 aliphatic rings. The highest BCUT2D eigenvalue weighted by Crippen LogP contribution is 2.44. The van der Waals surface area contributed by atoms with E-state index in [0.717, 1.165) is 35.1 Å². The predicted octanol–water partition coefficient (Wildman–Crippen LogP) is 2.91. The number of hydrogen-bond donors (Lipinski definition) is 3. The van der Waals surface area contributed by atoms with Gasteiger partial charge in [0.1, 0.15) is 12.6 Å². The van der Waals surface area contributed by atoms with E-state index < -0.39 is 30.4 Å². The molecule has 3 N–H and O–H groups in total. The van der Waals surface area contributed by atoms with E-state index in [1.54, 1.807) is 0 Å². The zero-order valence-corrected chi connectivity index (χ0v) is 18.3. The van der Waals surface area contributed by atoms with E-state index in [0.29, 0.717) is 19.8 Å². The van der Waals surface area contributed by atoms with E-state index in [9.17, 15) is 19.5 Å². The molecule has 1 unspecified atom stereocenters. The minimum atomic E-state index is -1.21. The summed E-state index contributed by atoms with van der Waals surface area (Å²) < 4.78 is 10.8. The molecule has 33 heavy (non-hydrogen) atoms. The van der Waals surface area contributed by atoms with Crippen LogP contribution in [0, 0.1) is 5.92 Å². The zero-order valence-electron chi connectivity index (χ0n) is 18.3. The summed E-state index contributed by atoms with van der Waals surface area (Å²) in [5.74, 6) is -1.55. The molecule has 0 radical (unpaired) electrons. The molecule has 8 heteroatoms. The lowest BCUT2D eigenvalue weighted by molar-refractivity contribution is -0.139. The van der Waals surface area contributed by atoms with E-state index in [1.165, 1.54) is 0 Å². The maximum absolute atomic E-state index is 12.6. The molecule has 2 aromatic rings. The van der Waals surface area contributed by atoms with E-state index in [2.05, 4.69) is 10.6 Å². The van der Waals surface area contributed by atoms with Crippen LogP contribution in [-0.2, 0) is 19.1 Å². The average Bonchev–Trinajstić information content (AvgIpc) is 3.15. The van der Waals surface area contributed by atoms with Crippen molar-refractivity contribution in [2.24, 2.45) is 5.92 Å². The largest absolute Gasteiger partial charge is 0.481 e. The van der Waals surface area contributed by atoms with E-state index in [-0.39, 0.29) is 18.4 Å². The monoisotopic (exact) mass is 452 g/mol. The highest BCUT2D eigenvalue weighted by molar-refractivity contribution is 5.89. The van der Waals surface area contributed by atoms with Gasteiger partial charge in [0.15, 0.2) is 0 Å². The molecule has 8 nitrogen and oxygen atoms in total. The van der Waals surface area contributed by atoms with Crippen molar-refractivity contribution in [3.63, 3.8) is 0 Å². The van der Waals surface area contributed by atoms with Gasteiger partial charge in [-0.2, -0.15) is 0 Å². The van der Waals surface area contributed by atoms with E-state index >= 15 is 0 Å². The number of alkyl carbamates (subject to hydrolysis) is 1. The zero-order chi connectivity index (χ0) is 23.2. The van der Waals surface area contributed by atoms with Crippen molar-refractivity contribution >= 4 is 18.0 Å². The van der Waals surface area contributed by atoms with E-state index in [4.69, 9.17) is 9.47 Å². The average molecular weight is 453 g/mol. The Morgan fingerprint density at radius 3 is 2.21 bits per heavy atom. The van der Waals surface area contributed by atoms with Gasteiger partial charge in [-0.25, -0.2) is 4.79 Å². The lowest BCUT2D eigenvalue weighted by Crippen LogP contribution is -2.49. The summed E-state index contributed by atoms with van der Waals surface area (Å²) >= 11 is 0. The van der Waals surface area contributed by atoms with Crippen molar-refractivity contribution in [3.8, 4) is 11.1 Å². The molecule has 2 aromatic carbocycles. The molecular formula is C25H28N2O6. The normalized spacial score (nSPS) is 16.4. The maximum atomic E-state index is 12.6. The Kier molecular flexibility index (Phi) is 7.24. The molecule has 0 saturated carbocycles. The molecule has 1 fully saturated rings. The summed E-state index contributed by atoms with van der Waals surface area (Å²) in [6, 6.07) is 14.7. The SMILES string of the molecule is O=C(O)CC(NC(=O)OCC1c2ccccc2-c2ccccc21)C(=O)NCC1CCOCC1. The summed E-state index contributed by atoms with van der Waals surface area (Å²) in [5.41, 5.74) is 4.36. The number of ether oxygens (including phenoxy) is 2. The highest BCUT2D eigenvalue weighted by Gasteiger charge is 2.30. The topological polar surface area (TPSA) is 114 Å². The number of nitrogens with one attached hydrogen (secondary N) is 2. The van der Waals surface area contributed by atoms with Gasteiger partial charge in [0, 0.05) is 25.7 Å². The standard InChI is InChI=1S/C25H28N2O6/c28-23(29)13-22(24(30)26-14-16-9-11-32-12-10-16)27-25(31)33-15-21-19-7-3-1-5-17(19)18-6-2-4-8-20(18)21/h1-8,16,21-22H,9-15H2,(H,26,30)(H,27,31)(H,28,29). The first-order valence-electron chi connectivity index (χ1n) is 11.2. The first-order chi connectivity index (χ1) is 16.0. The van der Waals surface area contributed by atoms with Gasteiger partial charge in [-0.15, -0.1) is 0 Å². The summed E-state index contributed by atoms with van der Waals surface area (Å²) in [4.78, 5) is 36.3. The fourth-order valence-electron chi connectivity index (χ4n) is 4.48. The van der Waals surface area contributed by atoms with Crippen molar-refractivity contribution in [3.05, 3.63) is 59.7 Å². The smallest absolute Gasteiger partial charge is 0.407 e. The third-order valence-corrected chi connectivity index (χ3v) is 6.24. The maximum Gasteiger partial charge on any atom is 0.407 e. The number of benzene rings is 2. The molecule has 2 amide bonds. The van der Waals surface area contributed by atoms with Crippen LogP contribution in [0.3, 0.4) is 0 Å². The van der Waals surface area contributed by atoms with Crippen LogP contribution in [0.25, 0.3) is 11.1 Å². The third-order valence-electron chi connectivity index (χ3n) is 6.24. The van der Waals surface area contributed by atoms with Crippen molar-refractivity contribution in [2.45, 2.75) is 31.2 Å². The number of hydrogen-bond acceptors (Lipinski definition) is 5. The van der Waals surface area contributed by atoms with Crippen LogP contribution in [0.4, 0.5) is 4.79 Å². The minimum absolute atomic E-state index is 0.0867. The molecule has 0 aromatic heterocycles. The number of rotatable bonds is 8. The van der Waals surface area contributed by atoms with Crippen LogP contribution in [0.15, 0.2) is 48.5 Å². The Morgan fingerprint density at radius 2 is 1.61 bits per heavy atom. The Labute approximate surface area is 192 Å². The number of aliphatic carboxylic acids is 1. The Balaban J connectivity index is 1.35. The lowest BCUT2D eigenvalue weighted by atomic mass is 9.98. The number of fused-ring (bicyclic) bond motifs is 3. The molecule has 4 rings (SSSR count). The molecular weight excluding hydrogens is 424 g/mol. The van der Waals surface area contributed by atoms with Gasteiger partial charge < -0.3 is 25.2 Å². The fraction of sp³-hybridized carbons (Fsp3) is 0.400. The molecule has 1 aliphatic carbocycles. The fourth-order valence-corrected chi connectivity index (χ4v) is 4.48. The second kappa shape index (κ2) is 10.5. The van der Waals surface area contributed by atoms with Crippen LogP contribution in [0.2, 0.25) is 0 Å². The summed E-state index contributed by atoms with van der Waals surface area (Å²) in [6.45, 7) is 1.81. The number of carbonyl (C=O) groups is 3. The predicted molar refractivity (Wildman–Crippen MR) is 121 cm³/mol. The quantitative estimate of drug-likeness (QED) is 0.568. The van der Waals surface area contributed by atoms with Gasteiger partial charge in [-0.1, -0.05) is 48.5 Å². The van der Waals surface area contributed by atoms with Crippen molar-refractivity contribution < 1.29 is 29.0 Å². The molecule has 1 heterocycles. The minimum Gasteiger partial charge on any atom is -0.481 e. The van der Waals surface area contributed by atoms with Crippen LogP contribution in [0.1, 0.15) is 36.3 Å². The van der Waals surface area contributed by atoms with Gasteiger partial charge in [-0.05, 0) is 41.0 Å². The van der Waals surface area contributed by atoms with Crippen molar-refractivity contribution in [2.75, 3.05) is 26.4 Å². The molecule has 1 saturated heterocycles. The van der Waals surface area contributed by atoms with Gasteiger partial charge >= 0.3 is 12.1 Å². The number of carboxylic acid groups (broad SMARTS) is 1. The van der Waals surface area contributed by atoms with Crippen molar-refractivity contribution in [1.29, 1.82) is 0 Å². The van der Waals surface area contributed by atoms with Gasteiger partial charge in [-0.3, -0.25) is 9.59 Å². The molecule has 1 aliphatic heterocycles. The number of carboxylic acids is 1. The summed E-state index contributed by atoms with van der Waals surface area (Å²) in [5, 5.41) is 14.4. The summed E-state index contributed by atoms with van der Waals surface area (Å²) in [7, 11) is 0. The molecule has 0 spiro atoms. The van der Waals surface area contributed by atoms with Gasteiger partial charge in [0.05, 0.1) is 6.42 Å². The van der Waals surface area contributed by atoms with Crippen molar-refractivity contribution in [1.82, 2.24) is 10.6 Å². The van der Waals surface area contributed by atoms with Crippen LogP contribution >= 0.6 is 0 Å². The first kappa shape index (κ1) is 22.8. The summed E-state index contributed by atoms with van der Waals surface area (Å²) in [6.07, 6.45) is 0.335. The molecule has 174 valence electrons. The third kappa shape index (κ3) is 5.51. The van der Waals surface area contributed by atoms with Crippen LogP contribution in [-0.4, -0.2) is 55.5 Å². The Hall–Kier alpha value is -3.39. The molecule has 1 atom stereocenters. The second-order valence-corrected chi connectivity index (χ2v) is 8.42. The molecule has 0 bridgehead atoms. The van der Waals surface area contributed by atoms with E-state index in [1.807, 2.05) is 48.5 Å². The van der Waals surface area contributed by atoms with Gasteiger partial charge in [0.25, 0.3) is 0 Å². The Morgan fingerprint density at radius 1 is 1.00 bits per heavy atom. The Bertz CT molecular complexity index is 972. The second-order valence-electron chi connectivity index (χ2n) is 8.42. The van der Waals surface area contributed by atoms with Crippen LogP contribution < -0.4 is 10.6 Å². The lowest BCUT2D eigenvalue weighted by Gasteiger charge is -2.24. The number of carbonyl (C=O) groups excluding carboxylic acids is 2.